The van der Waals surface area contributed by atoms with Crippen LogP contribution in [0.15, 0.2) is 12.1 Å². The van der Waals surface area contributed by atoms with E-state index in [1.807, 2.05) is 0 Å². The van der Waals surface area contributed by atoms with E-state index in [0.29, 0.717) is 12.1 Å². The van der Waals surface area contributed by atoms with Crippen molar-refractivity contribution in [3.8, 4) is 0 Å². The third kappa shape index (κ3) is 4.14. The molecule has 0 saturated heterocycles. The van der Waals surface area contributed by atoms with Crippen LogP contribution in [0.4, 0.5) is 13.2 Å². The minimum Gasteiger partial charge on any atom is -0.311 e. The molecule has 0 unspecified atom stereocenters. The van der Waals surface area contributed by atoms with Crippen LogP contribution in [0.2, 0.25) is 0 Å². The van der Waals surface area contributed by atoms with E-state index in [4.69, 9.17) is 0 Å². The third-order valence-electron chi connectivity index (χ3n) is 3.54. The van der Waals surface area contributed by atoms with E-state index in [9.17, 15) is 13.2 Å². The molecule has 1 nitrogen and oxygen atoms in total. The summed E-state index contributed by atoms with van der Waals surface area (Å²) in [5.41, 5.74) is 0.415. The zero-order valence-corrected chi connectivity index (χ0v) is 12.3. The van der Waals surface area contributed by atoms with Crippen LogP contribution < -0.4 is 5.32 Å². The van der Waals surface area contributed by atoms with Crippen molar-refractivity contribution in [3.63, 3.8) is 0 Å². The monoisotopic (exact) mass is 291 g/mol. The molecule has 0 amide bonds. The highest BCUT2D eigenvalue weighted by atomic mass is 32.2. The number of thioether (sulfide) groups is 1. The molecular weight excluding hydrogens is 271 g/mol. The van der Waals surface area contributed by atoms with Gasteiger partial charge in [0.2, 0.25) is 0 Å². The first-order valence-electron chi connectivity index (χ1n) is 6.37. The minimum absolute atomic E-state index is 0.136. The standard InChI is InChI=1S/C14H20F3NS/c1-4-14(5-2,19-3)9-18-8-10-6-11(15)13(17)12(16)7-10/h6-7,18H,4-5,8-9H2,1-3H3. The zero-order chi connectivity index (χ0) is 14.5. The second-order valence-electron chi connectivity index (χ2n) is 4.57. The summed E-state index contributed by atoms with van der Waals surface area (Å²) < 4.78 is 39.1. The van der Waals surface area contributed by atoms with Crippen LogP contribution in [0, 0.1) is 17.5 Å². The van der Waals surface area contributed by atoms with E-state index in [0.717, 1.165) is 31.5 Å². The molecule has 1 N–H and O–H groups in total. The summed E-state index contributed by atoms with van der Waals surface area (Å²) in [5, 5.41) is 3.19. The van der Waals surface area contributed by atoms with Crippen molar-refractivity contribution in [2.75, 3.05) is 12.8 Å². The first kappa shape index (κ1) is 16.4. The molecule has 1 rings (SSSR count). The minimum atomic E-state index is -1.41. The van der Waals surface area contributed by atoms with Gasteiger partial charge in [-0.15, -0.1) is 0 Å². The summed E-state index contributed by atoms with van der Waals surface area (Å²) >= 11 is 1.79. The number of hydrogen-bond acceptors (Lipinski definition) is 2. The Balaban J connectivity index is 2.63. The molecule has 0 fully saturated rings. The summed E-state index contributed by atoms with van der Waals surface area (Å²) in [4.78, 5) is 0. The fourth-order valence-electron chi connectivity index (χ4n) is 2.01. The zero-order valence-electron chi connectivity index (χ0n) is 11.5. The smallest absolute Gasteiger partial charge is 0.194 e. The van der Waals surface area contributed by atoms with Gasteiger partial charge in [-0.25, -0.2) is 13.2 Å². The molecule has 0 heterocycles. The van der Waals surface area contributed by atoms with E-state index < -0.39 is 17.5 Å². The predicted molar refractivity (Wildman–Crippen MR) is 74.9 cm³/mol. The highest BCUT2D eigenvalue weighted by molar-refractivity contribution is 8.00. The molecule has 0 aliphatic heterocycles. The Labute approximate surface area is 117 Å². The first-order valence-corrected chi connectivity index (χ1v) is 7.59. The molecule has 1 aromatic rings. The average molecular weight is 291 g/mol. The lowest BCUT2D eigenvalue weighted by Crippen LogP contribution is -2.36. The van der Waals surface area contributed by atoms with Gasteiger partial charge in [0.05, 0.1) is 0 Å². The van der Waals surface area contributed by atoms with Gasteiger partial charge in [0.25, 0.3) is 0 Å². The average Bonchev–Trinajstić information content (AvgIpc) is 2.41. The van der Waals surface area contributed by atoms with E-state index in [1.165, 1.54) is 0 Å². The quantitative estimate of drug-likeness (QED) is 0.759. The Bertz CT molecular complexity index is 388. The lowest BCUT2D eigenvalue weighted by Gasteiger charge is -2.30. The Morgan fingerprint density at radius 3 is 2.05 bits per heavy atom. The molecule has 0 spiro atoms. The Kier molecular flexibility index (Phi) is 6.20. The maximum atomic E-state index is 13.1. The van der Waals surface area contributed by atoms with Crippen molar-refractivity contribution in [2.24, 2.45) is 0 Å². The normalized spacial score (nSPS) is 11.9. The topological polar surface area (TPSA) is 12.0 Å². The molecule has 0 atom stereocenters. The maximum absolute atomic E-state index is 13.1. The van der Waals surface area contributed by atoms with E-state index >= 15 is 0 Å². The van der Waals surface area contributed by atoms with Gasteiger partial charge in [0, 0.05) is 17.8 Å². The van der Waals surface area contributed by atoms with Gasteiger partial charge < -0.3 is 5.32 Å². The predicted octanol–water partition coefficient (Wildman–Crippen LogP) is 4.12. The van der Waals surface area contributed by atoms with Crippen LogP contribution >= 0.6 is 11.8 Å². The van der Waals surface area contributed by atoms with Crippen LogP contribution in [0.3, 0.4) is 0 Å². The highest BCUT2D eigenvalue weighted by Crippen LogP contribution is 2.29. The lowest BCUT2D eigenvalue weighted by molar-refractivity contribution is 0.442. The Morgan fingerprint density at radius 1 is 1.11 bits per heavy atom. The van der Waals surface area contributed by atoms with Gasteiger partial charge >= 0.3 is 0 Å². The molecule has 0 bridgehead atoms. The van der Waals surface area contributed by atoms with Gasteiger partial charge in [-0.2, -0.15) is 11.8 Å². The molecule has 108 valence electrons. The van der Waals surface area contributed by atoms with E-state index in [2.05, 4.69) is 25.4 Å². The molecule has 0 aliphatic rings. The summed E-state index contributed by atoms with van der Waals surface area (Å²) in [7, 11) is 0. The van der Waals surface area contributed by atoms with Crippen molar-refractivity contribution >= 4 is 11.8 Å². The summed E-state index contributed by atoms with van der Waals surface area (Å²) in [5.74, 6) is -3.69. The van der Waals surface area contributed by atoms with Crippen molar-refractivity contribution in [2.45, 2.75) is 38.0 Å². The molecule has 1 aromatic carbocycles. The number of rotatable bonds is 7. The van der Waals surface area contributed by atoms with Gasteiger partial charge in [0.15, 0.2) is 17.5 Å². The van der Waals surface area contributed by atoms with E-state index in [-0.39, 0.29) is 4.75 Å². The SMILES string of the molecule is CCC(CC)(CNCc1cc(F)c(F)c(F)c1)SC. The molecule has 5 heteroatoms. The Morgan fingerprint density at radius 2 is 1.63 bits per heavy atom. The number of hydrogen-bond donors (Lipinski definition) is 1. The highest BCUT2D eigenvalue weighted by Gasteiger charge is 2.24. The number of halogens is 3. The second-order valence-corrected chi connectivity index (χ2v) is 5.85. The van der Waals surface area contributed by atoms with Crippen LogP contribution in [-0.4, -0.2) is 17.5 Å². The van der Waals surface area contributed by atoms with Gasteiger partial charge in [-0.1, -0.05) is 13.8 Å². The maximum Gasteiger partial charge on any atom is 0.194 e. The summed E-state index contributed by atoms with van der Waals surface area (Å²) in [6.07, 6.45) is 4.10. The van der Waals surface area contributed by atoms with Crippen molar-refractivity contribution < 1.29 is 13.2 Å². The van der Waals surface area contributed by atoms with Crippen LogP contribution in [0.25, 0.3) is 0 Å². The van der Waals surface area contributed by atoms with Gasteiger partial charge in [-0.3, -0.25) is 0 Å². The fourth-order valence-corrected chi connectivity index (χ4v) is 2.83. The van der Waals surface area contributed by atoms with Crippen molar-refractivity contribution in [3.05, 3.63) is 35.1 Å². The van der Waals surface area contributed by atoms with Gasteiger partial charge in [0.1, 0.15) is 0 Å². The van der Waals surface area contributed by atoms with Crippen molar-refractivity contribution in [1.29, 1.82) is 0 Å². The summed E-state index contributed by atoms with van der Waals surface area (Å²) in [6, 6.07) is 2.06. The molecule has 0 saturated carbocycles. The molecule has 19 heavy (non-hydrogen) atoms. The molecular formula is C14H20F3NS. The number of nitrogens with one attached hydrogen (secondary N) is 1. The largest absolute Gasteiger partial charge is 0.311 e. The van der Waals surface area contributed by atoms with Gasteiger partial charge in [-0.05, 0) is 36.8 Å². The first-order chi connectivity index (χ1) is 8.98. The molecule has 0 aromatic heterocycles. The Hall–Kier alpha value is -0.680. The van der Waals surface area contributed by atoms with Crippen molar-refractivity contribution in [1.82, 2.24) is 5.32 Å². The van der Waals surface area contributed by atoms with E-state index in [1.54, 1.807) is 11.8 Å². The second kappa shape index (κ2) is 7.20. The molecule has 0 radical (unpaired) electrons. The number of benzene rings is 1. The third-order valence-corrected chi connectivity index (χ3v) is 5.13. The van der Waals surface area contributed by atoms with Crippen LogP contribution in [-0.2, 0) is 6.54 Å². The summed E-state index contributed by atoms with van der Waals surface area (Å²) in [6.45, 7) is 5.33. The van der Waals surface area contributed by atoms with Crippen LogP contribution in [0.5, 0.6) is 0 Å². The fraction of sp³-hybridized carbons (Fsp3) is 0.571. The van der Waals surface area contributed by atoms with Crippen LogP contribution in [0.1, 0.15) is 32.3 Å². The molecule has 0 aliphatic carbocycles. The lowest BCUT2D eigenvalue weighted by atomic mass is 10.0.